The first-order valence-electron chi connectivity index (χ1n) is 6.34. The molecule has 2 aromatic carbocycles. The third-order valence-electron chi connectivity index (χ3n) is 2.72. The largest absolute Gasteiger partial charge is 0.454 e. The number of ketones is 1. The standard InChI is InChI=1S/C17H13BrO3/c18-15-9-7-14(8-10-15)16(19)12-21-17(20)11-6-13-4-2-1-3-5-13/h1-11H,12H2/b11-6+. The number of esters is 1. The van der Waals surface area contributed by atoms with Crippen molar-refractivity contribution in [1.82, 2.24) is 0 Å². The number of rotatable bonds is 5. The molecule has 0 aromatic heterocycles. The van der Waals surface area contributed by atoms with Crippen LogP contribution in [0.4, 0.5) is 0 Å². The molecule has 0 atom stereocenters. The van der Waals surface area contributed by atoms with Crippen molar-refractivity contribution in [2.24, 2.45) is 0 Å². The van der Waals surface area contributed by atoms with Crippen LogP contribution in [0.5, 0.6) is 0 Å². The molecule has 0 unspecified atom stereocenters. The van der Waals surface area contributed by atoms with E-state index in [9.17, 15) is 9.59 Å². The Balaban J connectivity index is 1.85. The lowest BCUT2D eigenvalue weighted by molar-refractivity contribution is -0.136. The van der Waals surface area contributed by atoms with Crippen molar-refractivity contribution < 1.29 is 14.3 Å². The Morgan fingerprint density at radius 3 is 2.33 bits per heavy atom. The Morgan fingerprint density at radius 1 is 1.00 bits per heavy atom. The van der Waals surface area contributed by atoms with Crippen molar-refractivity contribution >= 4 is 33.8 Å². The van der Waals surface area contributed by atoms with Crippen LogP contribution in [0.2, 0.25) is 0 Å². The first-order chi connectivity index (χ1) is 10.1. The van der Waals surface area contributed by atoms with Gasteiger partial charge < -0.3 is 4.74 Å². The van der Waals surface area contributed by atoms with Crippen LogP contribution in [0.15, 0.2) is 65.1 Å². The topological polar surface area (TPSA) is 43.4 Å². The first-order valence-corrected chi connectivity index (χ1v) is 7.13. The van der Waals surface area contributed by atoms with Gasteiger partial charge in [0.15, 0.2) is 12.4 Å². The molecule has 0 N–H and O–H groups in total. The Morgan fingerprint density at radius 2 is 1.67 bits per heavy atom. The molecule has 0 spiro atoms. The van der Waals surface area contributed by atoms with Crippen molar-refractivity contribution in [3.8, 4) is 0 Å². The molecule has 0 heterocycles. The van der Waals surface area contributed by atoms with Gasteiger partial charge in [-0.25, -0.2) is 4.79 Å². The van der Waals surface area contributed by atoms with Crippen LogP contribution in [0.1, 0.15) is 15.9 Å². The van der Waals surface area contributed by atoms with Gasteiger partial charge >= 0.3 is 5.97 Å². The zero-order valence-corrected chi connectivity index (χ0v) is 12.7. The number of carbonyl (C=O) groups excluding carboxylic acids is 2. The van der Waals surface area contributed by atoms with Crippen LogP contribution in [0.3, 0.4) is 0 Å². The predicted molar refractivity (Wildman–Crippen MR) is 84.9 cm³/mol. The first kappa shape index (κ1) is 15.2. The van der Waals surface area contributed by atoms with Crippen molar-refractivity contribution in [2.75, 3.05) is 6.61 Å². The molecule has 0 aliphatic carbocycles. The molecule has 0 fully saturated rings. The summed E-state index contributed by atoms with van der Waals surface area (Å²) < 4.78 is 5.81. The number of halogens is 1. The van der Waals surface area contributed by atoms with E-state index in [4.69, 9.17) is 4.74 Å². The Bertz CT molecular complexity index is 645. The molecule has 2 rings (SSSR count). The zero-order valence-electron chi connectivity index (χ0n) is 11.2. The normalized spacial score (nSPS) is 10.5. The SMILES string of the molecule is O=C(/C=C/c1ccccc1)OCC(=O)c1ccc(Br)cc1. The molecule has 0 aliphatic heterocycles. The zero-order chi connectivity index (χ0) is 15.1. The minimum atomic E-state index is -0.538. The van der Waals surface area contributed by atoms with Crippen molar-refractivity contribution in [3.05, 3.63) is 76.3 Å². The van der Waals surface area contributed by atoms with Crippen molar-refractivity contribution in [1.29, 1.82) is 0 Å². The molecular formula is C17H13BrO3. The summed E-state index contributed by atoms with van der Waals surface area (Å²) in [7, 11) is 0. The van der Waals surface area contributed by atoms with Crippen molar-refractivity contribution in [2.45, 2.75) is 0 Å². The molecule has 0 saturated heterocycles. The maximum absolute atomic E-state index is 11.8. The number of ether oxygens (including phenoxy) is 1. The van der Waals surface area contributed by atoms with E-state index < -0.39 is 5.97 Å². The molecule has 106 valence electrons. The summed E-state index contributed by atoms with van der Waals surface area (Å²) in [6.45, 7) is -0.264. The maximum atomic E-state index is 11.8. The molecule has 0 amide bonds. The number of hydrogen-bond acceptors (Lipinski definition) is 3. The average molecular weight is 345 g/mol. The highest BCUT2D eigenvalue weighted by molar-refractivity contribution is 9.10. The molecule has 21 heavy (non-hydrogen) atoms. The van der Waals surface area contributed by atoms with Crippen molar-refractivity contribution in [3.63, 3.8) is 0 Å². The van der Waals surface area contributed by atoms with Crippen LogP contribution in [-0.2, 0) is 9.53 Å². The number of hydrogen-bond donors (Lipinski definition) is 0. The minimum absolute atomic E-state index is 0.232. The van der Waals surface area contributed by atoms with Gasteiger partial charge in [0.1, 0.15) is 0 Å². The van der Waals surface area contributed by atoms with E-state index in [0.717, 1.165) is 10.0 Å². The summed E-state index contributed by atoms with van der Waals surface area (Å²) in [5.74, 6) is -0.770. The Labute approximate surface area is 131 Å². The lowest BCUT2D eigenvalue weighted by atomic mass is 10.1. The number of benzene rings is 2. The number of Topliss-reactive ketones (excluding diaryl/α,β-unsaturated/α-hetero) is 1. The van der Waals surface area contributed by atoms with E-state index in [-0.39, 0.29) is 12.4 Å². The molecule has 0 bridgehead atoms. The van der Waals surface area contributed by atoms with E-state index in [1.807, 2.05) is 30.3 Å². The summed E-state index contributed by atoms with van der Waals surface area (Å²) in [4.78, 5) is 23.4. The van der Waals surface area contributed by atoms with E-state index >= 15 is 0 Å². The molecule has 0 radical (unpaired) electrons. The van der Waals surface area contributed by atoms with Gasteiger partial charge in [0.05, 0.1) is 0 Å². The smallest absolute Gasteiger partial charge is 0.331 e. The maximum Gasteiger partial charge on any atom is 0.331 e. The van der Waals surface area contributed by atoms with Gasteiger partial charge in [-0.05, 0) is 23.8 Å². The predicted octanol–water partition coefficient (Wildman–Crippen LogP) is 3.89. The second-order valence-electron chi connectivity index (χ2n) is 4.28. The second kappa shape index (κ2) is 7.55. The van der Waals surface area contributed by atoms with Crippen LogP contribution in [0, 0.1) is 0 Å². The minimum Gasteiger partial charge on any atom is -0.454 e. The van der Waals surface area contributed by atoms with Gasteiger partial charge in [0.25, 0.3) is 0 Å². The Hall–Kier alpha value is -2.20. The lowest BCUT2D eigenvalue weighted by Gasteiger charge is -2.02. The van der Waals surface area contributed by atoms with Gasteiger partial charge in [-0.3, -0.25) is 4.79 Å². The van der Waals surface area contributed by atoms with Gasteiger partial charge in [0.2, 0.25) is 0 Å². The fourth-order valence-electron chi connectivity index (χ4n) is 1.63. The van der Waals surface area contributed by atoms with E-state index in [1.54, 1.807) is 30.3 Å². The fraction of sp³-hybridized carbons (Fsp3) is 0.0588. The second-order valence-corrected chi connectivity index (χ2v) is 5.20. The van der Waals surface area contributed by atoms with Gasteiger partial charge in [-0.15, -0.1) is 0 Å². The highest BCUT2D eigenvalue weighted by Crippen LogP contribution is 2.11. The monoisotopic (exact) mass is 344 g/mol. The summed E-state index contributed by atoms with van der Waals surface area (Å²) in [6, 6.07) is 16.3. The number of carbonyl (C=O) groups is 2. The third-order valence-corrected chi connectivity index (χ3v) is 3.25. The van der Waals surface area contributed by atoms with Crippen LogP contribution < -0.4 is 0 Å². The molecule has 4 heteroatoms. The van der Waals surface area contributed by atoms with Gasteiger partial charge in [0, 0.05) is 16.1 Å². The molecule has 0 aliphatic rings. The van der Waals surface area contributed by atoms with E-state index in [2.05, 4.69) is 15.9 Å². The molecule has 2 aromatic rings. The average Bonchev–Trinajstić information content (AvgIpc) is 2.52. The van der Waals surface area contributed by atoms with E-state index in [0.29, 0.717) is 5.56 Å². The molecule has 3 nitrogen and oxygen atoms in total. The Kier molecular flexibility index (Phi) is 5.46. The molecule has 0 saturated carbocycles. The van der Waals surface area contributed by atoms with Crippen LogP contribution in [-0.4, -0.2) is 18.4 Å². The summed E-state index contributed by atoms with van der Waals surface area (Å²) in [5, 5.41) is 0. The highest BCUT2D eigenvalue weighted by atomic mass is 79.9. The summed E-state index contributed by atoms with van der Waals surface area (Å²) in [6.07, 6.45) is 2.95. The van der Waals surface area contributed by atoms with Crippen LogP contribution in [0.25, 0.3) is 6.08 Å². The highest BCUT2D eigenvalue weighted by Gasteiger charge is 2.08. The van der Waals surface area contributed by atoms with Gasteiger partial charge in [-0.1, -0.05) is 58.4 Å². The third kappa shape index (κ3) is 5.00. The summed E-state index contributed by atoms with van der Waals surface area (Å²) >= 11 is 3.29. The fourth-order valence-corrected chi connectivity index (χ4v) is 1.90. The quantitative estimate of drug-likeness (QED) is 0.469. The van der Waals surface area contributed by atoms with Gasteiger partial charge in [-0.2, -0.15) is 0 Å². The van der Waals surface area contributed by atoms with E-state index in [1.165, 1.54) is 6.08 Å². The molecular weight excluding hydrogens is 332 g/mol. The summed E-state index contributed by atoms with van der Waals surface area (Å²) in [5.41, 5.74) is 1.41. The lowest BCUT2D eigenvalue weighted by Crippen LogP contribution is -2.12. The van der Waals surface area contributed by atoms with Crippen LogP contribution >= 0.6 is 15.9 Å².